The number of ether oxygens (including phenoxy) is 1. The number of carbonyl (C=O) groups excluding carboxylic acids is 1. The van der Waals surface area contributed by atoms with Gasteiger partial charge in [0.1, 0.15) is 6.10 Å². The van der Waals surface area contributed by atoms with Crippen LogP contribution in [0.1, 0.15) is 33.6 Å². The number of carbonyl (C=O) groups is 1. The minimum absolute atomic E-state index is 0.0360. The molecule has 4 heteroatoms. The van der Waals surface area contributed by atoms with Crippen LogP contribution in [0.15, 0.2) is 23.3 Å². The number of fused-ring (bicyclic) bond motifs is 1. The molecule has 106 valence electrons. The molecule has 0 aromatic carbocycles. The van der Waals surface area contributed by atoms with Gasteiger partial charge in [0.15, 0.2) is 0 Å². The van der Waals surface area contributed by atoms with Crippen LogP contribution < -0.4 is 0 Å². The van der Waals surface area contributed by atoms with Gasteiger partial charge in [-0.2, -0.15) is 0 Å². The van der Waals surface area contributed by atoms with E-state index in [4.69, 9.17) is 4.74 Å². The van der Waals surface area contributed by atoms with Gasteiger partial charge in [-0.3, -0.25) is 4.79 Å². The predicted molar refractivity (Wildman–Crippen MR) is 71.3 cm³/mol. The average molecular weight is 266 g/mol. The highest BCUT2D eigenvalue weighted by Gasteiger charge is 2.42. The molecule has 4 nitrogen and oxygen atoms in total. The van der Waals surface area contributed by atoms with E-state index >= 15 is 0 Å². The van der Waals surface area contributed by atoms with Gasteiger partial charge >= 0.3 is 5.97 Å². The minimum atomic E-state index is -0.587. The third kappa shape index (κ3) is 2.90. The van der Waals surface area contributed by atoms with Crippen LogP contribution in [-0.2, 0) is 9.53 Å². The summed E-state index contributed by atoms with van der Waals surface area (Å²) >= 11 is 0. The van der Waals surface area contributed by atoms with E-state index in [9.17, 15) is 15.0 Å². The topological polar surface area (TPSA) is 66.8 Å². The Morgan fingerprint density at radius 2 is 1.89 bits per heavy atom. The predicted octanol–water partition coefficient (Wildman–Crippen LogP) is 1.57. The van der Waals surface area contributed by atoms with Crippen LogP contribution in [0.5, 0.6) is 0 Å². The van der Waals surface area contributed by atoms with Gasteiger partial charge in [0.2, 0.25) is 0 Å². The SMILES string of the molecule is C/C1=C\[C@H]2OC(=O)[C@@H](C)[C@@H]2C[C@H](O)/C(C)=C/C[C@H]1O. The maximum absolute atomic E-state index is 11.7. The number of rotatable bonds is 0. The molecule has 1 fully saturated rings. The summed E-state index contributed by atoms with van der Waals surface area (Å²) in [5, 5.41) is 20.2. The van der Waals surface area contributed by atoms with Crippen LogP contribution >= 0.6 is 0 Å². The number of hydrogen-bond acceptors (Lipinski definition) is 4. The summed E-state index contributed by atoms with van der Waals surface area (Å²) in [6.45, 7) is 5.54. The van der Waals surface area contributed by atoms with Gasteiger partial charge in [0.05, 0.1) is 18.1 Å². The standard InChI is InChI=1S/C15H22O4/c1-8-4-5-12(16)9(2)6-14-11(7-13(8)17)10(3)15(18)19-14/h4,6,10-14,16-17H,5,7H2,1-3H3/b8-4+,9-6+/t10-,11-,12+,13-,14+/m0/s1. The smallest absolute Gasteiger partial charge is 0.309 e. The second-order valence-corrected chi connectivity index (χ2v) is 5.72. The summed E-state index contributed by atoms with van der Waals surface area (Å²) in [5.74, 6) is -0.471. The summed E-state index contributed by atoms with van der Waals surface area (Å²) in [5.41, 5.74) is 1.66. The molecule has 1 aliphatic heterocycles. The molecule has 19 heavy (non-hydrogen) atoms. The van der Waals surface area contributed by atoms with Crippen LogP contribution in [0, 0.1) is 11.8 Å². The third-order valence-electron chi connectivity index (χ3n) is 4.33. The van der Waals surface area contributed by atoms with E-state index in [1.165, 1.54) is 0 Å². The maximum Gasteiger partial charge on any atom is 0.309 e. The second-order valence-electron chi connectivity index (χ2n) is 5.72. The molecular weight excluding hydrogens is 244 g/mol. The molecule has 0 saturated carbocycles. The lowest BCUT2D eigenvalue weighted by Gasteiger charge is -2.24. The summed E-state index contributed by atoms with van der Waals surface area (Å²) in [6.07, 6.45) is 3.19. The molecule has 0 bridgehead atoms. The van der Waals surface area contributed by atoms with E-state index in [0.29, 0.717) is 12.8 Å². The zero-order chi connectivity index (χ0) is 14.2. The van der Waals surface area contributed by atoms with E-state index in [-0.39, 0.29) is 23.9 Å². The van der Waals surface area contributed by atoms with E-state index in [0.717, 1.165) is 11.1 Å². The number of aliphatic hydroxyl groups excluding tert-OH is 2. The molecular formula is C15H22O4. The largest absolute Gasteiger partial charge is 0.458 e. The van der Waals surface area contributed by atoms with Gasteiger partial charge in [-0.15, -0.1) is 0 Å². The molecule has 1 heterocycles. The van der Waals surface area contributed by atoms with E-state index in [2.05, 4.69) is 0 Å². The van der Waals surface area contributed by atoms with Crippen LogP contribution in [0.25, 0.3) is 0 Å². The molecule has 0 radical (unpaired) electrons. The Labute approximate surface area is 113 Å². The number of aliphatic hydroxyl groups is 2. The molecule has 5 atom stereocenters. The molecule has 0 aromatic heterocycles. The van der Waals surface area contributed by atoms with Crippen LogP contribution in [0.2, 0.25) is 0 Å². The first-order valence-electron chi connectivity index (χ1n) is 6.81. The van der Waals surface area contributed by atoms with Crippen LogP contribution in [-0.4, -0.2) is 34.5 Å². The highest BCUT2D eigenvalue weighted by Crippen LogP contribution is 2.35. The zero-order valence-electron chi connectivity index (χ0n) is 11.7. The number of hydrogen-bond donors (Lipinski definition) is 2. The monoisotopic (exact) mass is 266 g/mol. The highest BCUT2D eigenvalue weighted by molar-refractivity contribution is 5.75. The van der Waals surface area contributed by atoms with Gasteiger partial charge in [-0.05, 0) is 43.9 Å². The lowest BCUT2D eigenvalue weighted by Crippen LogP contribution is -2.26. The van der Waals surface area contributed by atoms with E-state index in [1.807, 2.05) is 32.9 Å². The van der Waals surface area contributed by atoms with Crippen molar-refractivity contribution in [3.05, 3.63) is 23.3 Å². The van der Waals surface area contributed by atoms with Crippen molar-refractivity contribution in [3.8, 4) is 0 Å². The molecule has 0 unspecified atom stereocenters. The number of esters is 1. The van der Waals surface area contributed by atoms with Crippen molar-refractivity contribution in [3.63, 3.8) is 0 Å². The Kier molecular flexibility index (Phi) is 4.11. The second kappa shape index (κ2) is 5.47. The van der Waals surface area contributed by atoms with Crippen molar-refractivity contribution in [2.75, 3.05) is 0 Å². The van der Waals surface area contributed by atoms with Crippen molar-refractivity contribution in [1.29, 1.82) is 0 Å². The van der Waals surface area contributed by atoms with Gasteiger partial charge in [0.25, 0.3) is 0 Å². The van der Waals surface area contributed by atoms with Crippen molar-refractivity contribution in [2.24, 2.45) is 11.8 Å². The van der Waals surface area contributed by atoms with E-state index in [1.54, 1.807) is 0 Å². The lowest BCUT2D eigenvalue weighted by atomic mass is 9.83. The van der Waals surface area contributed by atoms with Gasteiger partial charge in [-0.25, -0.2) is 0 Å². The fourth-order valence-electron chi connectivity index (χ4n) is 2.72. The third-order valence-corrected chi connectivity index (χ3v) is 4.33. The highest BCUT2D eigenvalue weighted by atomic mass is 16.6. The summed E-state index contributed by atoms with van der Waals surface area (Å²) in [7, 11) is 0. The Morgan fingerprint density at radius 1 is 1.21 bits per heavy atom. The summed E-state index contributed by atoms with van der Waals surface area (Å²) in [4.78, 5) is 11.7. The first-order valence-corrected chi connectivity index (χ1v) is 6.81. The summed E-state index contributed by atoms with van der Waals surface area (Å²) in [6, 6.07) is 0. The molecule has 2 rings (SSSR count). The Bertz CT molecular complexity index is 424. The Balaban J connectivity index is 2.33. The fraction of sp³-hybridized carbons (Fsp3) is 0.667. The molecule has 0 aromatic rings. The van der Waals surface area contributed by atoms with Gasteiger partial charge in [-0.1, -0.05) is 13.0 Å². The van der Waals surface area contributed by atoms with Crippen molar-refractivity contribution >= 4 is 5.97 Å². The Morgan fingerprint density at radius 3 is 2.58 bits per heavy atom. The van der Waals surface area contributed by atoms with Gasteiger partial charge in [0, 0.05) is 5.92 Å². The lowest BCUT2D eigenvalue weighted by molar-refractivity contribution is -0.142. The van der Waals surface area contributed by atoms with Crippen molar-refractivity contribution < 1.29 is 19.7 Å². The molecule has 0 amide bonds. The van der Waals surface area contributed by atoms with Crippen LogP contribution in [0.3, 0.4) is 0 Å². The van der Waals surface area contributed by atoms with Crippen molar-refractivity contribution in [1.82, 2.24) is 0 Å². The molecule has 1 saturated heterocycles. The van der Waals surface area contributed by atoms with Gasteiger partial charge < -0.3 is 14.9 Å². The minimum Gasteiger partial charge on any atom is -0.458 e. The average Bonchev–Trinajstić information content (AvgIpc) is 2.62. The zero-order valence-corrected chi connectivity index (χ0v) is 11.7. The van der Waals surface area contributed by atoms with Crippen LogP contribution in [0.4, 0.5) is 0 Å². The normalized spacial score (nSPS) is 45.5. The van der Waals surface area contributed by atoms with Crippen molar-refractivity contribution in [2.45, 2.75) is 51.9 Å². The quantitative estimate of drug-likeness (QED) is 0.516. The molecule has 2 aliphatic rings. The molecule has 1 aliphatic carbocycles. The molecule has 0 spiro atoms. The first kappa shape index (κ1) is 14.3. The summed E-state index contributed by atoms with van der Waals surface area (Å²) < 4.78 is 5.35. The Hall–Kier alpha value is -1.13. The van der Waals surface area contributed by atoms with E-state index < -0.39 is 12.2 Å². The maximum atomic E-state index is 11.7. The fourth-order valence-corrected chi connectivity index (χ4v) is 2.72. The molecule has 2 N–H and O–H groups in total. The first-order chi connectivity index (χ1) is 8.90.